The van der Waals surface area contributed by atoms with E-state index < -0.39 is 30.8 Å². The van der Waals surface area contributed by atoms with Gasteiger partial charge in [0.2, 0.25) is 0 Å². The lowest BCUT2D eigenvalue weighted by molar-refractivity contribution is -0.201. The number of methoxy groups -OCH3 is 2. The van der Waals surface area contributed by atoms with Crippen LogP contribution in [0.1, 0.15) is 48.9 Å². The van der Waals surface area contributed by atoms with Gasteiger partial charge in [0, 0.05) is 32.4 Å². The highest BCUT2D eigenvalue weighted by atomic mass is 16.7. The van der Waals surface area contributed by atoms with E-state index in [0.29, 0.717) is 56.9 Å². The molecule has 38 heavy (non-hydrogen) atoms. The average Bonchev–Trinajstić information content (AvgIpc) is 3.33. The molecule has 4 rings (SSSR count). The molecule has 3 aliphatic rings. The number of benzene rings is 1. The molecular weight excluding hydrogens is 496 g/mol. The summed E-state index contributed by atoms with van der Waals surface area (Å²) in [6.07, 6.45) is 3.23. The molecule has 0 spiro atoms. The normalized spacial score (nSPS) is 24.9. The van der Waals surface area contributed by atoms with E-state index in [1.807, 2.05) is 0 Å². The third-order valence-electron chi connectivity index (χ3n) is 7.03. The van der Waals surface area contributed by atoms with Crippen LogP contribution in [0.5, 0.6) is 11.5 Å². The van der Waals surface area contributed by atoms with Crippen LogP contribution < -0.4 is 14.4 Å². The van der Waals surface area contributed by atoms with Crippen LogP contribution in [0.4, 0.5) is 10.5 Å². The molecule has 0 radical (unpaired) electrons. The molecule has 3 heterocycles. The number of carbonyl (C=O) groups excluding carboxylic acids is 2. The molecule has 1 N–H and O–H groups in total. The number of amides is 2. The topological polar surface area (TPSA) is 116 Å². The smallest absolute Gasteiger partial charge is 0.416 e. The predicted octanol–water partition coefficient (Wildman–Crippen LogP) is 3.09. The van der Waals surface area contributed by atoms with Crippen molar-refractivity contribution in [3.05, 3.63) is 30.4 Å². The lowest BCUT2D eigenvalue weighted by Gasteiger charge is -2.39. The highest BCUT2D eigenvalue weighted by molar-refractivity contribution is 6.06. The van der Waals surface area contributed by atoms with Crippen molar-refractivity contribution in [1.29, 1.82) is 0 Å². The van der Waals surface area contributed by atoms with Crippen LogP contribution in [-0.4, -0.2) is 93.9 Å². The van der Waals surface area contributed by atoms with E-state index in [1.165, 1.54) is 25.2 Å². The summed E-state index contributed by atoms with van der Waals surface area (Å²) in [5.41, 5.74) is 0.552. The molecule has 2 fully saturated rings. The van der Waals surface area contributed by atoms with Crippen LogP contribution in [0.3, 0.4) is 0 Å². The molecule has 0 aliphatic carbocycles. The van der Waals surface area contributed by atoms with Crippen molar-refractivity contribution in [3.8, 4) is 11.5 Å². The second-order valence-corrected chi connectivity index (χ2v) is 9.40. The van der Waals surface area contributed by atoms with Gasteiger partial charge in [-0.25, -0.2) is 9.69 Å². The highest BCUT2D eigenvalue weighted by Crippen LogP contribution is 2.43. The summed E-state index contributed by atoms with van der Waals surface area (Å²) < 4.78 is 35.1. The standard InChI is InChI=1S/C27H38N2O9/c1-4-13-37-27(32)29-19-17-22(34-3)21(33-2)16-18(19)25(31)28-11-10-20(35-14-8-6-12-30)24(28)26(29)38-23-9-5-7-15-36-23/h4,16-17,20,23-24,26,30H,1,5-15H2,2-3H3. The number of fused-ring (bicyclic) bond motifs is 2. The first-order valence-electron chi connectivity index (χ1n) is 13.2. The van der Waals surface area contributed by atoms with E-state index in [1.54, 1.807) is 17.0 Å². The van der Waals surface area contributed by atoms with Crippen LogP contribution in [0, 0.1) is 0 Å². The van der Waals surface area contributed by atoms with Crippen molar-refractivity contribution in [2.75, 3.05) is 52.1 Å². The number of hydrogen-bond donors (Lipinski definition) is 1. The first kappa shape index (κ1) is 28.2. The van der Waals surface area contributed by atoms with Crippen LogP contribution in [0.25, 0.3) is 0 Å². The highest BCUT2D eigenvalue weighted by Gasteiger charge is 2.52. The molecule has 4 unspecified atom stereocenters. The number of carbonyl (C=O) groups is 2. The Labute approximate surface area is 223 Å². The van der Waals surface area contributed by atoms with E-state index in [9.17, 15) is 9.59 Å². The monoisotopic (exact) mass is 534 g/mol. The van der Waals surface area contributed by atoms with Crippen LogP contribution >= 0.6 is 0 Å². The molecule has 4 atom stereocenters. The predicted molar refractivity (Wildman–Crippen MR) is 138 cm³/mol. The Morgan fingerprint density at radius 1 is 1.18 bits per heavy atom. The summed E-state index contributed by atoms with van der Waals surface area (Å²) in [6.45, 7) is 5.08. The van der Waals surface area contributed by atoms with E-state index in [0.717, 1.165) is 12.8 Å². The number of ether oxygens (including phenoxy) is 6. The molecule has 11 heteroatoms. The number of nitrogens with zero attached hydrogens (tertiary/aromatic N) is 2. The number of hydrogen-bond acceptors (Lipinski definition) is 9. The van der Waals surface area contributed by atoms with Crippen molar-refractivity contribution in [2.24, 2.45) is 0 Å². The Balaban J connectivity index is 1.81. The minimum atomic E-state index is -0.955. The van der Waals surface area contributed by atoms with Gasteiger partial charge in [0.1, 0.15) is 12.6 Å². The molecule has 0 saturated carbocycles. The molecule has 0 aromatic heterocycles. The van der Waals surface area contributed by atoms with Crippen molar-refractivity contribution in [1.82, 2.24) is 4.90 Å². The Kier molecular flexibility index (Phi) is 9.84. The van der Waals surface area contributed by atoms with Crippen molar-refractivity contribution in [3.63, 3.8) is 0 Å². The summed E-state index contributed by atoms with van der Waals surface area (Å²) in [6, 6.07) is 2.55. The van der Waals surface area contributed by atoms with Gasteiger partial charge in [-0.3, -0.25) is 4.79 Å². The molecule has 1 aromatic carbocycles. The third-order valence-corrected chi connectivity index (χ3v) is 7.03. The second-order valence-electron chi connectivity index (χ2n) is 9.40. The van der Waals surface area contributed by atoms with Gasteiger partial charge in [0.05, 0.1) is 31.6 Å². The number of aliphatic hydroxyl groups is 1. The fourth-order valence-electron chi connectivity index (χ4n) is 5.19. The van der Waals surface area contributed by atoms with Crippen molar-refractivity contribution >= 4 is 17.7 Å². The van der Waals surface area contributed by atoms with Crippen LogP contribution in [0.15, 0.2) is 24.8 Å². The maximum absolute atomic E-state index is 14.0. The van der Waals surface area contributed by atoms with Gasteiger partial charge in [-0.1, -0.05) is 12.7 Å². The molecule has 3 aliphatic heterocycles. The van der Waals surface area contributed by atoms with Crippen LogP contribution in [0.2, 0.25) is 0 Å². The Bertz CT molecular complexity index is 982. The zero-order valence-electron chi connectivity index (χ0n) is 22.1. The maximum atomic E-state index is 14.0. The van der Waals surface area contributed by atoms with Gasteiger partial charge < -0.3 is 38.4 Å². The Morgan fingerprint density at radius 2 is 1.97 bits per heavy atom. The minimum absolute atomic E-state index is 0.0198. The Hall–Kier alpha value is -2.86. The molecule has 210 valence electrons. The molecule has 0 bridgehead atoms. The number of aliphatic hydroxyl groups excluding tert-OH is 1. The molecule has 1 aromatic rings. The molecule has 2 amide bonds. The van der Waals surface area contributed by atoms with Gasteiger partial charge in [-0.15, -0.1) is 0 Å². The van der Waals surface area contributed by atoms with E-state index in [-0.39, 0.29) is 30.4 Å². The summed E-state index contributed by atoms with van der Waals surface area (Å²) in [7, 11) is 2.98. The summed E-state index contributed by atoms with van der Waals surface area (Å²) in [5.74, 6) is 0.443. The summed E-state index contributed by atoms with van der Waals surface area (Å²) in [5, 5.41) is 9.17. The van der Waals surface area contributed by atoms with Gasteiger partial charge in [-0.2, -0.15) is 0 Å². The van der Waals surface area contributed by atoms with Crippen LogP contribution in [-0.2, 0) is 18.9 Å². The Morgan fingerprint density at radius 3 is 2.66 bits per heavy atom. The van der Waals surface area contributed by atoms with E-state index in [2.05, 4.69) is 6.58 Å². The van der Waals surface area contributed by atoms with Gasteiger partial charge in [0.25, 0.3) is 5.91 Å². The first-order valence-corrected chi connectivity index (χ1v) is 13.2. The number of unbranched alkanes of at least 4 members (excludes halogenated alkanes) is 1. The summed E-state index contributed by atoms with van der Waals surface area (Å²) >= 11 is 0. The lowest BCUT2D eigenvalue weighted by atomic mass is 10.1. The van der Waals surface area contributed by atoms with Crippen molar-refractivity contribution < 1.29 is 43.1 Å². The zero-order chi connectivity index (χ0) is 27.1. The largest absolute Gasteiger partial charge is 0.493 e. The van der Waals surface area contributed by atoms with Gasteiger partial charge in [0.15, 0.2) is 24.0 Å². The molecule has 2 saturated heterocycles. The first-order chi connectivity index (χ1) is 18.5. The lowest BCUT2D eigenvalue weighted by Crippen LogP contribution is -2.57. The fraction of sp³-hybridized carbons (Fsp3) is 0.630. The maximum Gasteiger partial charge on any atom is 0.416 e. The van der Waals surface area contributed by atoms with Gasteiger partial charge in [-0.05, 0) is 44.6 Å². The van der Waals surface area contributed by atoms with Gasteiger partial charge >= 0.3 is 6.09 Å². The zero-order valence-corrected chi connectivity index (χ0v) is 22.1. The molecule has 11 nitrogen and oxygen atoms in total. The fourth-order valence-corrected chi connectivity index (χ4v) is 5.19. The number of rotatable bonds is 11. The third kappa shape index (κ3) is 5.90. The summed E-state index contributed by atoms with van der Waals surface area (Å²) in [4.78, 5) is 30.7. The average molecular weight is 535 g/mol. The van der Waals surface area contributed by atoms with E-state index in [4.69, 9.17) is 33.5 Å². The van der Waals surface area contributed by atoms with Crippen molar-refractivity contribution in [2.45, 2.75) is 63.2 Å². The minimum Gasteiger partial charge on any atom is -0.493 e. The quantitative estimate of drug-likeness (QED) is 0.338. The number of anilines is 1. The van der Waals surface area contributed by atoms with E-state index >= 15 is 0 Å². The SMILES string of the molecule is C=CCOC(=O)N1c2cc(OC)c(OC)cc2C(=O)N2CCC(OCCCCO)C2C1OC1CCCCO1. The second kappa shape index (κ2) is 13.3. The molecular formula is C27H38N2O9.